The van der Waals surface area contributed by atoms with Gasteiger partial charge in [0.1, 0.15) is 16.7 Å². The molecular weight excluding hydrogens is 467 g/mol. The van der Waals surface area contributed by atoms with Crippen LogP contribution >= 0.6 is 11.6 Å². The van der Waals surface area contributed by atoms with Crippen molar-refractivity contribution >= 4 is 23.3 Å². The van der Waals surface area contributed by atoms with Crippen molar-refractivity contribution < 1.29 is 22.7 Å². The van der Waals surface area contributed by atoms with Gasteiger partial charge in [0.2, 0.25) is 5.91 Å². The topological polar surface area (TPSA) is 63.6 Å². The molecule has 0 bridgehead atoms. The number of pyridine rings is 1. The van der Waals surface area contributed by atoms with Crippen LogP contribution in [-0.2, 0) is 17.4 Å². The summed E-state index contributed by atoms with van der Waals surface area (Å²) in [5, 5.41) is 3.39. The number of aryl methyl sites for hydroxylation is 2. The number of hydrogen-bond acceptors (Lipinski definition) is 4. The lowest BCUT2D eigenvalue weighted by molar-refractivity contribution is -0.137. The molecule has 2 heterocycles. The Morgan fingerprint density at radius 1 is 1.15 bits per heavy atom. The summed E-state index contributed by atoms with van der Waals surface area (Å²) in [5.41, 5.74) is 2.87. The first kappa shape index (κ1) is 23.8. The summed E-state index contributed by atoms with van der Waals surface area (Å²) in [7, 11) is 0. The quantitative estimate of drug-likeness (QED) is 0.446. The van der Waals surface area contributed by atoms with Gasteiger partial charge in [-0.15, -0.1) is 0 Å². The average Bonchev–Trinajstić information content (AvgIpc) is 2.76. The maximum Gasteiger partial charge on any atom is 0.416 e. The Labute approximate surface area is 199 Å². The molecule has 3 aromatic rings. The number of benzene rings is 2. The van der Waals surface area contributed by atoms with Gasteiger partial charge >= 0.3 is 6.18 Å². The van der Waals surface area contributed by atoms with Gasteiger partial charge in [0, 0.05) is 12.5 Å². The molecule has 1 atom stereocenters. The lowest BCUT2D eigenvalue weighted by atomic mass is 9.96. The monoisotopic (exact) mass is 487 g/mol. The molecule has 1 aliphatic heterocycles. The molecule has 1 amide bonds. The fourth-order valence-corrected chi connectivity index (χ4v) is 3.96. The van der Waals surface area contributed by atoms with E-state index in [0.29, 0.717) is 12.0 Å². The number of carbonyl (C=O) groups is 1. The van der Waals surface area contributed by atoms with E-state index in [4.69, 9.17) is 16.3 Å². The van der Waals surface area contributed by atoms with Crippen LogP contribution in [0.4, 0.5) is 13.2 Å². The molecule has 34 heavy (non-hydrogen) atoms. The summed E-state index contributed by atoms with van der Waals surface area (Å²) >= 11 is 6.08. The molecule has 1 aliphatic rings. The zero-order valence-corrected chi connectivity index (χ0v) is 19.2. The molecule has 176 valence electrons. The Balaban J connectivity index is 1.62. The Morgan fingerprint density at radius 3 is 2.68 bits per heavy atom. The van der Waals surface area contributed by atoms with Gasteiger partial charge in [-0.05, 0) is 55.7 Å². The minimum atomic E-state index is -4.51. The molecule has 0 radical (unpaired) electrons. The van der Waals surface area contributed by atoms with Crippen molar-refractivity contribution in [2.45, 2.75) is 38.9 Å². The van der Waals surface area contributed by atoms with E-state index in [1.54, 1.807) is 0 Å². The number of nitrogens with one attached hydrogen (secondary N) is 1. The van der Waals surface area contributed by atoms with Crippen LogP contribution in [0.25, 0.3) is 0 Å². The summed E-state index contributed by atoms with van der Waals surface area (Å²) in [4.78, 5) is 20.5. The number of alkyl halides is 3. The number of nitrogens with zero attached hydrogens (tertiary/aromatic N) is 2. The van der Waals surface area contributed by atoms with Gasteiger partial charge in [0.05, 0.1) is 17.3 Å². The maximum absolute atomic E-state index is 13.1. The second-order valence-corrected chi connectivity index (χ2v) is 8.55. The Kier molecular flexibility index (Phi) is 6.61. The highest BCUT2D eigenvalue weighted by Crippen LogP contribution is 2.34. The number of ether oxygens (including phenoxy) is 1. The van der Waals surface area contributed by atoms with Crippen molar-refractivity contribution in [3.63, 3.8) is 0 Å². The summed E-state index contributed by atoms with van der Waals surface area (Å²) in [6.07, 6.45) is -2.41. The predicted octanol–water partition coefficient (Wildman–Crippen LogP) is 6.04. The van der Waals surface area contributed by atoms with E-state index in [0.717, 1.165) is 28.8 Å². The number of halogens is 4. The SMILES string of the molecule is Cc1ccc(C[C@@H]2CC(=O)N=C(c3cc(Cl)ncc3Oc3cccc(C(F)(F)F)c3)N2)c(C)c1. The number of amides is 1. The second-order valence-electron chi connectivity index (χ2n) is 8.16. The van der Waals surface area contributed by atoms with E-state index in [-0.39, 0.29) is 40.9 Å². The Hall–Kier alpha value is -3.39. The second kappa shape index (κ2) is 9.46. The number of amidine groups is 1. The van der Waals surface area contributed by atoms with Crippen LogP contribution in [0.3, 0.4) is 0 Å². The summed E-state index contributed by atoms with van der Waals surface area (Å²) < 4.78 is 45.0. The summed E-state index contributed by atoms with van der Waals surface area (Å²) in [5.74, 6) is 0.00321. The molecule has 0 saturated heterocycles. The third-order valence-corrected chi connectivity index (χ3v) is 5.65. The zero-order valence-electron chi connectivity index (χ0n) is 18.4. The molecule has 0 spiro atoms. The Morgan fingerprint density at radius 2 is 1.94 bits per heavy atom. The lowest BCUT2D eigenvalue weighted by Gasteiger charge is -2.25. The van der Waals surface area contributed by atoms with Crippen molar-refractivity contribution in [2.75, 3.05) is 0 Å². The minimum Gasteiger partial charge on any atom is -0.455 e. The van der Waals surface area contributed by atoms with E-state index in [1.807, 2.05) is 26.0 Å². The van der Waals surface area contributed by atoms with Crippen molar-refractivity contribution in [1.82, 2.24) is 10.3 Å². The first-order valence-corrected chi connectivity index (χ1v) is 10.9. The van der Waals surface area contributed by atoms with Crippen LogP contribution in [0.5, 0.6) is 11.5 Å². The first-order valence-electron chi connectivity index (χ1n) is 10.5. The highest BCUT2D eigenvalue weighted by atomic mass is 35.5. The Bertz CT molecular complexity index is 1270. The van der Waals surface area contributed by atoms with Crippen molar-refractivity contribution in [2.24, 2.45) is 4.99 Å². The number of aliphatic imine (C=N–C) groups is 1. The highest BCUT2D eigenvalue weighted by Gasteiger charge is 2.31. The lowest BCUT2D eigenvalue weighted by Crippen LogP contribution is -2.42. The van der Waals surface area contributed by atoms with Crippen molar-refractivity contribution in [3.8, 4) is 11.5 Å². The van der Waals surface area contributed by atoms with E-state index in [1.165, 1.54) is 24.4 Å². The fourth-order valence-electron chi connectivity index (χ4n) is 3.81. The number of carbonyl (C=O) groups excluding carboxylic acids is 1. The third kappa shape index (κ3) is 5.56. The standard InChI is InChI=1S/C25H21ClF3N3O2/c1-14-6-7-16(15(2)8-14)9-18-11-23(33)32-24(31-18)20-12-22(26)30-13-21(20)34-19-5-3-4-17(10-19)25(27,28)29/h3-8,10,12-13,18H,9,11H2,1-2H3,(H,31,32,33)/t18-/m1/s1. The van der Waals surface area contributed by atoms with Crippen molar-refractivity contribution in [3.05, 3.63) is 87.7 Å². The molecule has 0 aliphatic carbocycles. The molecule has 4 rings (SSSR count). The van der Waals surface area contributed by atoms with Crippen LogP contribution in [0.2, 0.25) is 5.15 Å². The van der Waals surface area contributed by atoms with Crippen molar-refractivity contribution in [1.29, 1.82) is 0 Å². The van der Waals surface area contributed by atoms with Crippen LogP contribution in [0.15, 0.2) is 59.7 Å². The molecule has 1 aromatic heterocycles. The maximum atomic E-state index is 13.1. The van der Waals surface area contributed by atoms with Crippen LogP contribution in [0, 0.1) is 13.8 Å². The van der Waals surface area contributed by atoms with E-state index >= 15 is 0 Å². The van der Waals surface area contributed by atoms with Gasteiger partial charge in [-0.2, -0.15) is 18.2 Å². The van der Waals surface area contributed by atoms with Gasteiger partial charge in [-0.25, -0.2) is 4.98 Å². The first-order chi connectivity index (χ1) is 16.1. The molecule has 0 unspecified atom stereocenters. The normalized spacial score (nSPS) is 16.1. The van der Waals surface area contributed by atoms with E-state index in [2.05, 4.69) is 21.4 Å². The van der Waals surface area contributed by atoms with Crippen LogP contribution in [0.1, 0.15) is 34.2 Å². The molecule has 2 aromatic carbocycles. The van der Waals surface area contributed by atoms with Crippen LogP contribution in [-0.4, -0.2) is 22.8 Å². The third-order valence-electron chi connectivity index (χ3n) is 5.44. The zero-order chi connectivity index (χ0) is 24.5. The van der Waals surface area contributed by atoms with Gasteiger partial charge in [-0.1, -0.05) is 41.4 Å². The summed E-state index contributed by atoms with van der Waals surface area (Å²) in [6.45, 7) is 4.04. The van der Waals surface area contributed by atoms with Crippen LogP contribution < -0.4 is 10.1 Å². The number of hydrogen-bond donors (Lipinski definition) is 1. The van der Waals surface area contributed by atoms with Gasteiger partial charge < -0.3 is 10.1 Å². The van der Waals surface area contributed by atoms with E-state index < -0.39 is 11.7 Å². The molecule has 0 saturated carbocycles. The number of rotatable bonds is 5. The average molecular weight is 488 g/mol. The fraction of sp³-hybridized carbons (Fsp3) is 0.240. The molecule has 1 N–H and O–H groups in total. The van der Waals surface area contributed by atoms with Gasteiger partial charge in [0.15, 0.2) is 5.75 Å². The van der Waals surface area contributed by atoms with Gasteiger partial charge in [-0.3, -0.25) is 4.79 Å². The predicted molar refractivity (Wildman–Crippen MR) is 123 cm³/mol. The summed E-state index contributed by atoms with van der Waals surface area (Å²) in [6, 6.07) is 11.9. The van der Waals surface area contributed by atoms with Gasteiger partial charge in [0.25, 0.3) is 0 Å². The number of aromatic nitrogens is 1. The molecule has 5 nitrogen and oxygen atoms in total. The smallest absolute Gasteiger partial charge is 0.416 e. The van der Waals surface area contributed by atoms with E-state index in [9.17, 15) is 18.0 Å². The molecule has 0 fully saturated rings. The highest BCUT2D eigenvalue weighted by molar-refractivity contribution is 6.30. The molecular formula is C25H21ClF3N3O2. The molecule has 9 heteroatoms. The largest absolute Gasteiger partial charge is 0.455 e. The minimum absolute atomic E-state index is 0.0326.